The Labute approximate surface area is 56.3 Å². The number of allylic oxidation sites excluding steroid dienone is 4. The lowest BCUT2D eigenvalue weighted by Gasteiger charge is -2.12. The zero-order valence-corrected chi connectivity index (χ0v) is 5.56. The molecule has 0 saturated carbocycles. The van der Waals surface area contributed by atoms with Crippen molar-refractivity contribution < 1.29 is 0 Å². The first-order chi connectivity index (χ1) is 4.47. The summed E-state index contributed by atoms with van der Waals surface area (Å²) in [7, 11) is 0. The highest BCUT2D eigenvalue weighted by Crippen LogP contribution is 2.31. The Hall–Kier alpha value is -0.520. The van der Waals surface area contributed by atoms with Crippen molar-refractivity contribution in [3.05, 3.63) is 29.7 Å². The van der Waals surface area contributed by atoms with E-state index in [1.807, 2.05) is 0 Å². The van der Waals surface area contributed by atoms with E-state index in [-0.39, 0.29) is 0 Å². The van der Waals surface area contributed by atoms with Crippen LogP contribution in [-0.2, 0) is 0 Å². The van der Waals surface area contributed by atoms with E-state index in [0.29, 0.717) is 0 Å². The third kappa shape index (κ3) is 0.827. The highest BCUT2D eigenvalue weighted by Gasteiger charge is 2.12. The first-order valence-corrected chi connectivity index (χ1v) is 3.70. The van der Waals surface area contributed by atoms with Gasteiger partial charge in [-0.1, -0.05) is 17.7 Å². The molecule has 0 atom stereocenters. The van der Waals surface area contributed by atoms with Gasteiger partial charge in [0.2, 0.25) is 0 Å². The van der Waals surface area contributed by atoms with E-state index < -0.39 is 0 Å². The molecule has 0 saturated heterocycles. The van der Waals surface area contributed by atoms with Crippen molar-refractivity contribution in [2.24, 2.45) is 0 Å². The maximum atomic E-state index is 2.26. The van der Waals surface area contributed by atoms with Crippen LogP contribution in [0.4, 0.5) is 0 Å². The molecule has 0 aromatic heterocycles. The van der Waals surface area contributed by atoms with E-state index in [4.69, 9.17) is 0 Å². The second-order valence-electron chi connectivity index (χ2n) is 2.78. The van der Waals surface area contributed by atoms with Gasteiger partial charge in [-0.15, -0.1) is 0 Å². The van der Waals surface area contributed by atoms with Crippen molar-refractivity contribution in [2.75, 3.05) is 0 Å². The van der Waals surface area contributed by atoms with Gasteiger partial charge in [-0.3, -0.25) is 0 Å². The third-order valence-corrected chi connectivity index (χ3v) is 2.15. The topological polar surface area (TPSA) is 0 Å². The van der Waals surface area contributed by atoms with E-state index in [9.17, 15) is 0 Å². The fourth-order valence-corrected chi connectivity index (χ4v) is 1.61. The minimum Gasteiger partial charge on any atom is -0.0761 e. The average Bonchev–Trinajstić information content (AvgIpc) is 2.33. The van der Waals surface area contributed by atoms with Crippen molar-refractivity contribution in [3.8, 4) is 0 Å². The molecule has 0 bridgehead atoms. The Morgan fingerprint density at radius 3 is 2.56 bits per heavy atom. The normalized spacial score (nSPS) is 24.9. The average molecular weight is 119 g/mol. The summed E-state index contributed by atoms with van der Waals surface area (Å²) in [6, 6.07) is 0. The molecule has 0 nitrogen and oxygen atoms in total. The van der Waals surface area contributed by atoms with Crippen LogP contribution in [0.3, 0.4) is 0 Å². The number of hydrogen-bond acceptors (Lipinski definition) is 0. The molecule has 0 aromatic rings. The van der Waals surface area contributed by atoms with Crippen LogP contribution in [0.2, 0.25) is 0 Å². The second kappa shape index (κ2) is 2.02. The fraction of sp³-hybridized carbons (Fsp3) is 0.444. The van der Waals surface area contributed by atoms with Gasteiger partial charge in [0.05, 0.1) is 0 Å². The zero-order valence-electron chi connectivity index (χ0n) is 5.56. The molecular weight excluding hydrogens is 108 g/mol. The molecule has 9 heavy (non-hydrogen) atoms. The minimum absolute atomic E-state index is 1.32. The largest absolute Gasteiger partial charge is 0.0761 e. The van der Waals surface area contributed by atoms with Gasteiger partial charge < -0.3 is 0 Å². The molecule has 0 N–H and O–H groups in total. The van der Waals surface area contributed by atoms with Gasteiger partial charge in [-0.05, 0) is 31.3 Å². The summed E-state index contributed by atoms with van der Waals surface area (Å²) >= 11 is 0. The van der Waals surface area contributed by atoms with Crippen LogP contribution in [-0.4, -0.2) is 0 Å². The molecule has 2 aliphatic rings. The quantitative estimate of drug-likeness (QED) is 0.460. The first kappa shape index (κ1) is 5.28. The predicted molar refractivity (Wildman–Crippen MR) is 38.9 cm³/mol. The Bertz CT molecular complexity index is 172. The van der Waals surface area contributed by atoms with Crippen LogP contribution in [0.25, 0.3) is 0 Å². The van der Waals surface area contributed by atoms with Gasteiger partial charge in [0.1, 0.15) is 0 Å². The highest BCUT2D eigenvalue weighted by molar-refractivity contribution is 5.42. The van der Waals surface area contributed by atoms with Gasteiger partial charge in [-0.25, -0.2) is 0 Å². The molecule has 0 unspecified atom stereocenters. The van der Waals surface area contributed by atoms with Gasteiger partial charge in [0, 0.05) is 6.42 Å². The van der Waals surface area contributed by atoms with Gasteiger partial charge >= 0.3 is 0 Å². The van der Waals surface area contributed by atoms with Crippen LogP contribution >= 0.6 is 0 Å². The summed E-state index contributed by atoms with van der Waals surface area (Å²) in [5, 5.41) is 0. The smallest absolute Gasteiger partial charge is 0.00864 e. The number of rotatable bonds is 0. The molecule has 1 radical (unpaired) electrons. The molecule has 0 heteroatoms. The van der Waals surface area contributed by atoms with Crippen LogP contribution in [0.5, 0.6) is 0 Å². The van der Waals surface area contributed by atoms with Crippen LogP contribution < -0.4 is 0 Å². The summed E-state index contributed by atoms with van der Waals surface area (Å²) in [6.45, 7) is 0. The fourth-order valence-electron chi connectivity index (χ4n) is 1.61. The SMILES string of the molecule is [CH]1C=CC2=C1CCCC2. The van der Waals surface area contributed by atoms with E-state index in [0.717, 1.165) is 0 Å². The van der Waals surface area contributed by atoms with E-state index in [1.165, 1.54) is 25.7 Å². The zero-order chi connectivity index (χ0) is 6.10. The Morgan fingerprint density at radius 2 is 1.78 bits per heavy atom. The Morgan fingerprint density at radius 1 is 1.00 bits per heavy atom. The highest BCUT2D eigenvalue weighted by atomic mass is 14.2. The maximum Gasteiger partial charge on any atom is 0.00864 e. The maximum absolute atomic E-state index is 2.26. The lowest BCUT2D eigenvalue weighted by atomic mass is 9.94. The Kier molecular flexibility index (Phi) is 1.18. The van der Waals surface area contributed by atoms with Crippen molar-refractivity contribution in [1.82, 2.24) is 0 Å². The molecule has 47 valence electrons. The first-order valence-electron chi connectivity index (χ1n) is 3.70. The molecule has 0 aliphatic heterocycles. The van der Waals surface area contributed by atoms with Crippen LogP contribution in [0, 0.1) is 6.42 Å². The van der Waals surface area contributed by atoms with Crippen molar-refractivity contribution in [2.45, 2.75) is 25.7 Å². The Balaban J connectivity index is 2.24. The minimum atomic E-state index is 1.32. The summed E-state index contributed by atoms with van der Waals surface area (Å²) in [4.78, 5) is 0. The molecule has 2 rings (SSSR count). The predicted octanol–water partition coefficient (Wildman–Crippen LogP) is 2.63. The van der Waals surface area contributed by atoms with E-state index in [1.54, 1.807) is 11.1 Å². The molecule has 0 heterocycles. The lowest BCUT2D eigenvalue weighted by Crippen LogP contribution is -1.93. The molecule has 0 fully saturated rings. The monoisotopic (exact) mass is 119 g/mol. The summed E-state index contributed by atoms with van der Waals surface area (Å²) in [6.07, 6.45) is 12.1. The van der Waals surface area contributed by atoms with Gasteiger partial charge in [-0.2, -0.15) is 0 Å². The van der Waals surface area contributed by atoms with Gasteiger partial charge in [0.15, 0.2) is 0 Å². The van der Waals surface area contributed by atoms with Crippen molar-refractivity contribution in [1.29, 1.82) is 0 Å². The van der Waals surface area contributed by atoms with E-state index >= 15 is 0 Å². The van der Waals surface area contributed by atoms with Crippen molar-refractivity contribution in [3.63, 3.8) is 0 Å². The van der Waals surface area contributed by atoms with Crippen LogP contribution in [0.1, 0.15) is 25.7 Å². The third-order valence-electron chi connectivity index (χ3n) is 2.15. The molecule has 0 amide bonds. The molecular formula is C9H11. The molecule has 0 spiro atoms. The number of hydrogen-bond donors (Lipinski definition) is 0. The summed E-state index contributed by atoms with van der Waals surface area (Å²) < 4.78 is 0. The lowest BCUT2D eigenvalue weighted by molar-refractivity contribution is 0.694. The second-order valence-corrected chi connectivity index (χ2v) is 2.78. The molecule has 0 aromatic carbocycles. The van der Waals surface area contributed by atoms with E-state index in [2.05, 4.69) is 18.6 Å². The van der Waals surface area contributed by atoms with Crippen molar-refractivity contribution >= 4 is 0 Å². The summed E-state index contributed by atoms with van der Waals surface area (Å²) in [5.74, 6) is 0. The van der Waals surface area contributed by atoms with Gasteiger partial charge in [0.25, 0.3) is 0 Å². The standard InChI is InChI=1S/C9H11/c1-2-5-9-7-3-6-8(9)4-1/h3,6-7H,1-2,4-5H2. The van der Waals surface area contributed by atoms with Crippen LogP contribution in [0.15, 0.2) is 23.3 Å². The molecule has 2 aliphatic carbocycles. The summed E-state index contributed by atoms with van der Waals surface area (Å²) in [5.41, 5.74) is 3.20.